The molecule has 354 valence electrons. The quantitative estimate of drug-likeness (QED) is 0.0199. The molecule has 0 fully saturated rings. The molecule has 0 saturated carbocycles. The van der Waals surface area contributed by atoms with Gasteiger partial charge in [-0.1, -0.05) is 221 Å². The molecule has 0 aliphatic rings. The minimum atomic E-state index is -0.791. The molecule has 1 atom stereocenters. The van der Waals surface area contributed by atoms with Gasteiger partial charge in [-0.15, -0.1) is 0 Å². The molecule has 0 aromatic carbocycles. The largest absolute Gasteiger partial charge is 0.462 e. The first-order valence-electron chi connectivity index (χ1n) is 25.6. The van der Waals surface area contributed by atoms with Crippen LogP contribution in [-0.2, 0) is 28.6 Å². The highest BCUT2D eigenvalue weighted by Gasteiger charge is 2.19. The van der Waals surface area contributed by atoms with Crippen molar-refractivity contribution in [1.82, 2.24) is 0 Å². The van der Waals surface area contributed by atoms with Crippen molar-refractivity contribution in [2.45, 2.75) is 239 Å². The average molecular weight is 863 g/mol. The van der Waals surface area contributed by atoms with E-state index >= 15 is 0 Å². The normalized spacial score (nSPS) is 12.8. The maximum Gasteiger partial charge on any atom is 0.306 e. The molecule has 6 nitrogen and oxygen atoms in total. The molecule has 0 spiro atoms. The lowest BCUT2D eigenvalue weighted by molar-refractivity contribution is -0.167. The third-order valence-electron chi connectivity index (χ3n) is 10.7. The number of carbonyl (C=O) groups is 3. The molecule has 62 heavy (non-hydrogen) atoms. The Kier molecular flexibility index (Phi) is 47.5. The van der Waals surface area contributed by atoms with Crippen LogP contribution in [0.4, 0.5) is 0 Å². The van der Waals surface area contributed by atoms with E-state index in [1.54, 1.807) is 0 Å². The summed E-state index contributed by atoms with van der Waals surface area (Å²) in [4.78, 5) is 37.9. The van der Waals surface area contributed by atoms with Gasteiger partial charge in [0.2, 0.25) is 0 Å². The van der Waals surface area contributed by atoms with Gasteiger partial charge >= 0.3 is 17.9 Å². The maximum absolute atomic E-state index is 12.8. The molecule has 1 unspecified atom stereocenters. The van der Waals surface area contributed by atoms with E-state index in [0.717, 1.165) is 122 Å². The zero-order valence-corrected chi connectivity index (χ0v) is 40.4. The third-order valence-corrected chi connectivity index (χ3v) is 10.7. The van der Waals surface area contributed by atoms with E-state index in [1.807, 2.05) is 0 Å². The van der Waals surface area contributed by atoms with Crippen molar-refractivity contribution in [3.8, 4) is 0 Å². The van der Waals surface area contributed by atoms with Crippen molar-refractivity contribution in [1.29, 1.82) is 0 Å². The Morgan fingerprint density at radius 3 is 1.16 bits per heavy atom. The van der Waals surface area contributed by atoms with Gasteiger partial charge in [-0.2, -0.15) is 0 Å². The van der Waals surface area contributed by atoms with Crippen molar-refractivity contribution >= 4 is 17.9 Å². The highest BCUT2D eigenvalue weighted by Crippen LogP contribution is 2.14. The molecule has 0 heterocycles. The standard InChI is InChI=1S/C56H94O6/c1-4-7-10-13-16-19-22-25-26-27-28-29-30-32-34-37-40-43-46-49-55(58)61-52-53(51-60-54(57)48-45-42-39-36-33-24-21-18-15-12-9-6-3)62-56(59)50-47-44-41-38-35-31-23-20-17-14-11-8-5-2/h7-8,10-11,14,16-17,19-20,23,25-26,28-29,53H,4-6,9,12-13,15,18,21-22,24,27,30-52H2,1-3H3/b10-7-,11-8-,17-14-,19-16-,23-20-,26-25-,29-28-. The van der Waals surface area contributed by atoms with Crippen LogP contribution < -0.4 is 0 Å². The van der Waals surface area contributed by atoms with E-state index in [2.05, 4.69) is 106 Å². The third kappa shape index (κ3) is 47.6. The van der Waals surface area contributed by atoms with Crippen LogP contribution >= 0.6 is 0 Å². The lowest BCUT2D eigenvalue weighted by Gasteiger charge is -2.18. The fraction of sp³-hybridized carbons (Fsp3) is 0.696. The topological polar surface area (TPSA) is 78.9 Å². The van der Waals surface area contributed by atoms with Gasteiger partial charge in [-0.3, -0.25) is 14.4 Å². The molecule has 0 rings (SSSR count). The lowest BCUT2D eigenvalue weighted by atomic mass is 10.0. The van der Waals surface area contributed by atoms with Gasteiger partial charge in [0.05, 0.1) is 0 Å². The summed E-state index contributed by atoms with van der Waals surface area (Å²) in [7, 11) is 0. The minimum Gasteiger partial charge on any atom is -0.462 e. The zero-order chi connectivity index (χ0) is 45.1. The van der Waals surface area contributed by atoms with Crippen LogP contribution in [0.2, 0.25) is 0 Å². The van der Waals surface area contributed by atoms with E-state index in [0.29, 0.717) is 19.3 Å². The summed E-state index contributed by atoms with van der Waals surface area (Å²) in [5.74, 6) is -0.925. The second-order valence-electron chi connectivity index (χ2n) is 16.7. The maximum atomic E-state index is 12.8. The molecule has 0 radical (unpaired) electrons. The minimum absolute atomic E-state index is 0.0887. The van der Waals surface area contributed by atoms with Gasteiger partial charge in [0, 0.05) is 19.3 Å². The Bertz CT molecular complexity index is 1220. The molecule has 0 N–H and O–H groups in total. The fourth-order valence-electron chi connectivity index (χ4n) is 6.90. The monoisotopic (exact) mass is 863 g/mol. The van der Waals surface area contributed by atoms with Gasteiger partial charge in [-0.25, -0.2) is 0 Å². The number of hydrogen-bond acceptors (Lipinski definition) is 6. The van der Waals surface area contributed by atoms with Crippen molar-refractivity contribution in [3.05, 3.63) is 85.1 Å². The van der Waals surface area contributed by atoms with Crippen molar-refractivity contribution in [2.75, 3.05) is 13.2 Å². The van der Waals surface area contributed by atoms with Crippen molar-refractivity contribution in [2.24, 2.45) is 0 Å². The fourth-order valence-corrected chi connectivity index (χ4v) is 6.90. The summed E-state index contributed by atoms with van der Waals surface area (Å²) in [6.07, 6.45) is 64.2. The van der Waals surface area contributed by atoms with Crippen LogP contribution in [0.25, 0.3) is 0 Å². The van der Waals surface area contributed by atoms with E-state index in [9.17, 15) is 14.4 Å². The molecule has 0 saturated heterocycles. The highest BCUT2D eigenvalue weighted by atomic mass is 16.6. The van der Waals surface area contributed by atoms with Gasteiger partial charge in [0.15, 0.2) is 6.10 Å². The van der Waals surface area contributed by atoms with Gasteiger partial charge < -0.3 is 14.2 Å². The summed E-state index contributed by atoms with van der Waals surface area (Å²) >= 11 is 0. The smallest absolute Gasteiger partial charge is 0.306 e. The predicted octanol–water partition coefficient (Wildman–Crippen LogP) is 16.8. The highest BCUT2D eigenvalue weighted by molar-refractivity contribution is 5.71. The Labute approximate surface area is 382 Å². The van der Waals surface area contributed by atoms with Crippen LogP contribution in [0.15, 0.2) is 85.1 Å². The molecular weight excluding hydrogens is 769 g/mol. The SMILES string of the molecule is CC\C=C/C=C\C=C/CCCCCCCC(=O)OC(COC(=O)CCCCCCCC/C=C\C/C=C\C/C=C\C/C=C\CC)COC(=O)CCCCCCCCCCCCCC. The molecule has 0 amide bonds. The zero-order valence-electron chi connectivity index (χ0n) is 40.4. The number of carbonyl (C=O) groups excluding carboxylic acids is 3. The molecule has 0 bridgehead atoms. The Morgan fingerprint density at radius 1 is 0.355 bits per heavy atom. The summed E-state index contributed by atoms with van der Waals surface area (Å²) in [5.41, 5.74) is 0. The predicted molar refractivity (Wildman–Crippen MR) is 265 cm³/mol. The summed E-state index contributed by atoms with van der Waals surface area (Å²) < 4.78 is 16.8. The molecule has 0 aliphatic heterocycles. The van der Waals surface area contributed by atoms with Crippen LogP contribution in [0.1, 0.15) is 233 Å². The van der Waals surface area contributed by atoms with E-state index in [1.165, 1.54) is 70.6 Å². The molecule has 0 aliphatic carbocycles. The molecule has 0 aromatic rings. The lowest BCUT2D eigenvalue weighted by Crippen LogP contribution is -2.30. The number of hydrogen-bond donors (Lipinski definition) is 0. The second kappa shape index (κ2) is 50.2. The molecule has 0 aromatic heterocycles. The number of esters is 3. The Morgan fingerprint density at radius 2 is 0.710 bits per heavy atom. The Balaban J connectivity index is 4.40. The number of unbranched alkanes of at least 4 members (excludes halogenated alkanes) is 22. The molecule has 6 heteroatoms. The number of ether oxygens (including phenoxy) is 3. The van der Waals surface area contributed by atoms with Crippen LogP contribution in [0.5, 0.6) is 0 Å². The first-order valence-corrected chi connectivity index (χ1v) is 25.6. The van der Waals surface area contributed by atoms with Crippen LogP contribution in [0, 0.1) is 0 Å². The van der Waals surface area contributed by atoms with E-state index in [4.69, 9.17) is 14.2 Å². The molecular formula is C56H94O6. The Hall–Kier alpha value is -3.41. The van der Waals surface area contributed by atoms with Gasteiger partial charge in [0.1, 0.15) is 13.2 Å². The average Bonchev–Trinajstić information content (AvgIpc) is 3.27. The summed E-state index contributed by atoms with van der Waals surface area (Å²) in [5, 5.41) is 0. The summed E-state index contributed by atoms with van der Waals surface area (Å²) in [6.45, 7) is 6.36. The first kappa shape index (κ1) is 58.6. The van der Waals surface area contributed by atoms with Crippen LogP contribution in [0.3, 0.4) is 0 Å². The summed E-state index contributed by atoms with van der Waals surface area (Å²) in [6, 6.07) is 0. The van der Waals surface area contributed by atoms with Crippen molar-refractivity contribution in [3.63, 3.8) is 0 Å². The van der Waals surface area contributed by atoms with Crippen molar-refractivity contribution < 1.29 is 28.6 Å². The number of rotatable bonds is 45. The van der Waals surface area contributed by atoms with E-state index in [-0.39, 0.29) is 31.1 Å². The van der Waals surface area contributed by atoms with Gasteiger partial charge in [0.25, 0.3) is 0 Å². The second-order valence-corrected chi connectivity index (χ2v) is 16.7. The van der Waals surface area contributed by atoms with E-state index < -0.39 is 6.10 Å². The van der Waals surface area contributed by atoms with Gasteiger partial charge in [-0.05, 0) is 77.0 Å². The van der Waals surface area contributed by atoms with Crippen LogP contribution in [-0.4, -0.2) is 37.2 Å². The first-order chi connectivity index (χ1) is 30.5. The number of allylic oxidation sites excluding steroid dienone is 14.